The number of para-hydroxylation sites is 2. The molecule has 1 unspecified atom stereocenters. The summed E-state index contributed by atoms with van der Waals surface area (Å²) in [6.45, 7) is 8.29. The molecule has 1 heterocycles. The topological polar surface area (TPSA) is 155 Å². The normalized spacial score (nSPS) is 14.5. The third-order valence-electron chi connectivity index (χ3n) is 12.5. The van der Waals surface area contributed by atoms with Crippen molar-refractivity contribution in [1.82, 2.24) is 5.01 Å². The smallest absolute Gasteiger partial charge is 0.350 e. The Morgan fingerprint density at radius 3 is 2.06 bits per heavy atom. The van der Waals surface area contributed by atoms with Gasteiger partial charge in [0.1, 0.15) is 29.4 Å². The van der Waals surface area contributed by atoms with Crippen molar-refractivity contribution in [1.29, 1.82) is 0 Å². The van der Waals surface area contributed by atoms with Crippen LogP contribution in [0.25, 0.3) is 10.8 Å². The lowest BCUT2D eigenvalue weighted by Crippen LogP contribution is -2.56. The number of phenols is 1. The molecular weight excluding hydrogens is 873 g/mol. The molecule has 13 heteroatoms. The first kappa shape index (κ1) is 51.5. The summed E-state index contributed by atoms with van der Waals surface area (Å²) in [5.74, 6) is -2.22. The lowest BCUT2D eigenvalue weighted by Gasteiger charge is -2.40. The predicted molar refractivity (Wildman–Crippen MR) is 271 cm³/mol. The fourth-order valence-corrected chi connectivity index (χ4v) is 8.71. The van der Waals surface area contributed by atoms with E-state index in [1.165, 1.54) is 69.0 Å². The molecule has 1 atom stereocenters. The zero-order valence-electron chi connectivity index (χ0n) is 40.9. The summed E-state index contributed by atoms with van der Waals surface area (Å²) in [6, 6.07) is 28.0. The first-order chi connectivity index (χ1) is 33.4. The van der Waals surface area contributed by atoms with Gasteiger partial charge < -0.3 is 24.6 Å². The highest BCUT2D eigenvalue weighted by Gasteiger charge is 2.52. The van der Waals surface area contributed by atoms with Gasteiger partial charge in [-0.3, -0.25) is 24.3 Å². The van der Waals surface area contributed by atoms with Crippen molar-refractivity contribution in [3.63, 3.8) is 0 Å². The summed E-state index contributed by atoms with van der Waals surface area (Å²) in [6.07, 6.45) is 14.7. The van der Waals surface area contributed by atoms with Crippen LogP contribution in [0.15, 0.2) is 103 Å². The molecule has 0 bridgehead atoms. The Bertz CT molecular complexity index is 2560. The molecule has 1 aliphatic rings. The van der Waals surface area contributed by atoms with Gasteiger partial charge in [-0.25, -0.2) is 9.59 Å². The second-order valence-electron chi connectivity index (χ2n) is 18.2. The van der Waals surface area contributed by atoms with Gasteiger partial charge in [-0.1, -0.05) is 145 Å². The molecule has 5 aromatic carbocycles. The van der Waals surface area contributed by atoms with Crippen molar-refractivity contribution in [2.45, 2.75) is 130 Å². The van der Waals surface area contributed by atoms with Crippen molar-refractivity contribution >= 4 is 57.6 Å². The number of aromatic hydroxyl groups is 1. The highest BCUT2D eigenvalue weighted by molar-refractivity contribution is 6.13. The summed E-state index contributed by atoms with van der Waals surface area (Å²) < 4.78 is 17.9. The molecule has 13 nitrogen and oxygen atoms in total. The maximum absolute atomic E-state index is 14.6. The van der Waals surface area contributed by atoms with E-state index < -0.39 is 29.4 Å². The third-order valence-corrected chi connectivity index (χ3v) is 12.5. The number of unbranched alkanes of at least 4 members (excludes halogenated alkanes) is 11. The molecule has 69 heavy (non-hydrogen) atoms. The average molecular weight is 941 g/mol. The van der Waals surface area contributed by atoms with Gasteiger partial charge in [0.15, 0.2) is 0 Å². The first-order valence-electron chi connectivity index (χ1n) is 24.6. The Morgan fingerprint density at radius 2 is 1.35 bits per heavy atom. The van der Waals surface area contributed by atoms with E-state index in [9.17, 15) is 29.1 Å². The quantitative estimate of drug-likeness (QED) is 0.0347. The van der Waals surface area contributed by atoms with Gasteiger partial charge in [0.25, 0.3) is 11.8 Å². The number of carbonyl (C=O) groups excluding carboxylic acids is 5. The number of hydrazine groups is 1. The van der Waals surface area contributed by atoms with Gasteiger partial charge in [0, 0.05) is 24.2 Å². The van der Waals surface area contributed by atoms with Crippen LogP contribution in [-0.4, -0.2) is 65.7 Å². The van der Waals surface area contributed by atoms with E-state index in [2.05, 4.69) is 12.2 Å². The van der Waals surface area contributed by atoms with Crippen LogP contribution < -0.4 is 24.7 Å². The van der Waals surface area contributed by atoms with E-state index in [-0.39, 0.29) is 59.1 Å². The third kappa shape index (κ3) is 13.2. The number of rotatable bonds is 24. The lowest BCUT2D eigenvalue weighted by molar-refractivity contribution is -0.145. The maximum atomic E-state index is 14.6. The Kier molecular flexibility index (Phi) is 18.6. The van der Waals surface area contributed by atoms with Gasteiger partial charge in [-0.15, -0.1) is 0 Å². The summed E-state index contributed by atoms with van der Waals surface area (Å²) >= 11 is 0. The lowest BCUT2D eigenvalue weighted by atomic mass is 9.99. The highest BCUT2D eigenvalue weighted by atomic mass is 16.5. The first-order valence-corrected chi connectivity index (χ1v) is 24.6. The summed E-state index contributed by atoms with van der Waals surface area (Å²) in [5.41, 5.74) is 0.728. The van der Waals surface area contributed by atoms with Crippen LogP contribution in [0, 0.1) is 6.92 Å². The van der Waals surface area contributed by atoms with Crippen molar-refractivity contribution in [2.75, 3.05) is 35.5 Å². The molecule has 0 spiro atoms. The van der Waals surface area contributed by atoms with Crippen LogP contribution in [0.3, 0.4) is 0 Å². The van der Waals surface area contributed by atoms with Crippen molar-refractivity contribution in [2.24, 2.45) is 0 Å². The highest BCUT2D eigenvalue weighted by Crippen LogP contribution is 2.40. The number of phenolic OH excluding ortho intramolecular Hbond substituents is 1. The van der Waals surface area contributed by atoms with Crippen LogP contribution in [-0.2, 0) is 14.3 Å². The molecule has 0 aliphatic carbocycles. The fourth-order valence-electron chi connectivity index (χ4n) is 8.71. The number of hydrogen-bond acceptors (Lipinski definition) is 10. The molecule has 0 aromatic heterocycles. The van der Waals surface area contributed by atoms with Crippen molar-refractivity contribution in [3.8, 4) is 17.2 Å². The number of nitrogens with zero attached hydrogens (tertiary/aromatic N) is 3. The number of esters is 2. The van der Waals surface area contributed by atoms with Gasteiger partial charge in [-0.2, -0.15) is 5.01 Å². The van der Waals surface area contributed by atoms with Crippen LogP contribution in [0.1, 0.15) is 143 Å². The Balaban J connectivity index is 1.19. The molecule has 1 fully saturated rings. The van der Waals surface area contributed by atoms with Crippen LogP contribution >= 0.6 is 0 Å². The van der Waals surface area contributed by atoms with E-state index >= 15 is 0 Å². The van der Waals surface area contributed by atoms with Crippen molar-refractivity contribution in [3.05, 3.63) is 120 Å². The maximum Gasteiger partial charge on any atom is 0.350 e. The number of imide groups is 1. The van der Waals surface area contributed by atoms with E-state index in [0.29, 0.717) is 35.5 Å². The number of amides is 4. The zero-order chi connectivity index (χ0) is 49.3. The number of benzene rings is 5. The molecule has 1 aliphatic heterocycles. The standard InChI is InChI=1S/C56H68N4O9/c1-6-8-10-11-12-13-14-15-16-25-35-67-48-34-33-40(3)36-46(48)57-53(64)45-37-49(42-28-21-22-29-43(42)52(45)63)69-54(65)44-30-23-24-31-47(44)58(5)55(66)59-50(61)38-56(4,39-68-51(62)32-18-9-7-2)60(59)41-26-19-17-20-27-41/h17,19-24,26-31,33-34,36-37,63H,6-16,18,25,32,35,38-39H2,1-5H3,(H,57,64). The largest absolute Gasteiger partial charge is 0.506 e. The zero-order valence-corrected chi connectivity index (χ0v) is 40.9. The van der Waals surface area contributed by atoms with Crippen LogP contribution in [0.2, 0.25) is 0 Å². The van der Waals surface area contributed by atoms with Gasteiger partial charge in [0.2, 0.25) is 0 Å². The number of urea groups is 1. The number of fused-ring (bicyclic) bond motifs is 1. The summed E-state index contributed by atoms with van der Waals surface area (Å²) in [5, 5.41) is 17.7. The van der Waals surface area contributed by atoms with Crippen molar-refractivity contribution < 1.29 is 43.3 Å². The molecular formula is C56H68N4O9. The minimum Gasteiger partial charge on any atom is -0.506 e. The van der Waals surface area contributed by atoms with Gasteiger partial charge in [-0.05, 0) is 74.7 Å². The number of carbonyl (C=O) groups is 5. The minimum absolute atomic E-state index is 0.00557. The molecule has 0 radical (unpaired) electrons. The molecule has 2 N–H and O–H groups in total. The molecule has 1 saturated heterocycles. The number of aryl methyl sites for hydroxylation is 1. The summed E-state index contributed by atoms with van der Waals surface area (Å²) in [7, 11) is 1.45. The SMILES string of the molecule is CCCCCCCCCCCCOc1ccc(C)cc1NC(=O)c1cc(OC(=O)c2ccccc2N(C)C(=O)N2C(=O)CC(C)(COC(=O)CCCCC)N2c2ccccc2)c2ccccc2c1O. The molecule has 366 valence electrons. The Hall–Kier alpha value is -6.89. The van der Waals surface area contributed by atoms with Crippen LogP contribution in [0.4, 0.5) is 21.9 Å². The predicted octanol–water partition coefficient (Wildman–Crippen LogP) is 12.7. The van der Waals surface area contributed by atoms with E-state index in [4.69, 9.17) is 14.2 Å². The summed E-state index contributed by atoms with van der Waals surface area (Å²) in [4.78, 5) is 70.9. The second-order valence-corrected chi connectivity index (χ2v) is 18.2. The average Bonchev–Trinajstić information content (AvgIpc) is 3.62. The molecule has 4 amide bonds. The van der Waals surface area contributed by atoms with Gasteiger partial charge in [0.05, 0.1) is 41.2 Å². The minimum atomic E-state index is -1.11. The Labute approximate surface area is 406 Å². The number of ether oxygens (including phenoxy) is 3. The molecule has 5 aromatic rings. The van der Waals surface area contributed by atoms with E-state index in [0.717, 1.165) is 42.7 Å². The number of anilines is 3. The molecule has 6 rings (SSSR count). The number of nitrogens with one attached hydrogen (secondary N) is 1. The monoisotopic (exact) mass is 940 g/mol. The molecule has 0 saturated carbocycles. The Morgan fingerprint density at radius 1 is 0.725 bits per heavy atom. The van der Waals surface area contributed by atoms with E-state index in [1.807, 2.05) is 32.0 Å². The van der Waals surface area contributed by atoms with Crippen LogP contribution in [0.5, 0.6) is 17.2 Å². The fraction of sp³-hybridized carbons (Fsp3) is 0.411. The second kappa shape index (κ2) is 24.9. The number of hydrogen-bond donors (Lipinski definition) is 2. The van der Waals surface area contributed by atoms with Gasteiger partial charge >= 0.3 is 18.0 Å². The van der Waals surface area contributed by atoms with E-state index in [1.54, 1.807) is 84.7 Å².